The highest BCUT2D eigenvalue weighted by atomic mass is 79.9. The van der Waals surface area contributed by atoms with E-state index in [2.05, 4.69) is 64.8 Å². The largest absolute Gasteiger partial charge is 0.299 e. The lowest BCUT2D eigenvalue weighted by molar-refractivity contribution is 0.0158. The van der Waals surface area contributed by atoms with E-state index in [0.717, 1.165) is 30.5 Å². The molecule has 4 rings (SSSR count). The van der Waals surface area contributed by atoms with Crippen LogP contribution in [0.1, 0.15) is 48.9 Å². The van der Waals surface area contributed by atoms with Gasteiger partial charge in [0, 0.05) is 41.6 Å². The Morgan fingerprint density at radius 1 is 1.04 bits per heavy atom. The molecule has 4 heteroatoms. The number of rotatable bonds is 2. The second kappa shape index (κ2) is 6.74. The van der Waals surface area contributed by atoms with Gasteiger partial charge in [-0.3, -0.25) is 9.80 Å². The third-order valence-electron chi connectivity index (χ3n) is 6.30. The van der Waals surface area contributed by atoms with Crippen LogP contribution in [0.15, 0.2) is 46.9 Å². The van der Waals surface area contributed by atoms with Crippen molar-refractivity contribution in [3.63, 3.8) is 0 Å². The smallest absolute Gasteiger partial charge is 0.123 e. The predicted molar refractivity (Wildman–Crippen MR) is 108 cm³/mol. The van der Waals surface area contributed by atoms with E-state index in [4.69, 9.17) is 0 Å². The molecule has 0 unspecified atom stereocenters. The van der Waals surface area contributed by atoms with Gasteiger partial charge in [-0.2, -0.15) is 0 Å². The molecule has 138 valence electrons. The van der Waals surface area contributed by atoms with Crippen molar-refractivity contribution in [2.24, 2.45) is 0 Å². The summed E-state index contributed by atoms with van der Waals surface area (Å²) in [5.74, 6) is 0.173. The average molecular weight is 417 g/mol. The molecule has 1 aliphatic heterocycles. The second-order valence-corrected chi connectivity index (χ2v) is 9.25. The van der Waals surface area contributed by atoms with Crippen molar-refractivity contribution in [1.82, 2.24) is 9.80 Å². The SMILES string of the molecule is CN1CCN([C@H]2C[C@H](c3ccc(F)cc3)c3ccc(Br)cc32)CC1(C)C. The molecule has 1 saturated heterocycles. The first-order chi connectivity index (χ1) is 12.3. The molecule has 0 amide bonds. The van der Waals surface area contributed by atoms with Gasteiger partial charge in [-0.1, -0.05) is 34.1 Å². The Balaban J connectivity index is 1.69. The fourth-order valence-electron chi connectivity index (χ4n) is 4.53. The van der Waals surface area contributed by atoms with Crippen LogP contribution in [0.3, 0.4) is 0 Å². The Morgan fingerprint density at radius 2 is 1.77 bits per heavy atom. The van der Waals surface area contributed by atoms with Crippen LogP contribution < -0.4 is 0 Å². The van der Waals surface area contributed by atoms with Gasteiger partial charge in [0.25, 0.3) is 0 Å². The van der Waals surface area contributed by atoms with Gasteiger partial charge in [0.2, 0.25) is 0 Å². The van der Waals surface area contributed by atoms with E-state index in [-0.39, 0.29) is 11.4 Å². The van der Waals surface area contributed by atoms with Crippen molar-refractivity contribution in [2.45, 2.75) is 37.8 Å². The van der Waals surface area contributed by atoms with Crippen molar-refractivity contribution in [3.8, 4) is 0 Å². The number of nitrogens with zero attached hydrogens (tertiary/aromatic N) is 2. The van der Waals surface area contributed by atoms with Crippen molar-refractivity contribution in [2.75, 3.05) is 26.7 Å². The number of benzene rings is 2. The zero-order valence-electron chi connectivity index (χ0n) is 15.7. The maximum absolute atomic E-state index is 13.4. The Kier molecular flexibility index (Phi) is 4.70. The summed E-state index contributed by atoms with van der Waals surface area (Å²) in [5.41, 5.74) is 4.21. The Hall–Kier alpha value is -1.23. The molecule has 2 nitrogen and oxygen atoms in total. The molecular formula is C22H26BrFN2. The molecule has 2 aromatic rings. The summed E-state index contributed by atoms with van der Waals surface area (Å²) in [5, 5.41) is 0. The standard InChI is InChI=1S/C22H26BrFN2/c1-22(2)14-26(11-10-25(22)3)21-13-19(15-4-7-17(24)8-5-15)18-9-6-16(23)12-20(18)21/h4-9,12,19,21H,10-11,13-14H2,1-3H3/t19-,21+/m1/s1. The molecular weight excluding hydrogens is 391 g/mol. The highest BCUT2D eigenvalue weighted by Crippen LogP contribution is 2.48. The van der Waals surface area contributed by atoms with Crippen LogP contribution in [0.4, 0.5) is 4.39 Å². The number of halogens is 2. The molecule has 26 heavy (non-hydrogen) atoms. The van der Waals surface area contributed by atoms with Crippen molar-refractivity contribution in [3.05, 3.63) is 69.4 Å². The minimum Gasteiger partial charge on any atom is -0.299 e. The molecule has 0 bridgehead atoms. The summed E-state index contributed by atoms with van der Waals surface area (Å²) in [6.07, 6.45) is 1.07. The van der Waals surface area contributed by atoms with Crippen molar-refractivity contribution >= 4 is 15.9 Å². The maximum Gasteiger partial charge on any atom is 0.123 e. The Labute approximate surface area is 164 Å². The number of fused-ring (bicyclic) bond motifs is 1. The van der Waals surface area contributed by atoms with E-state index in [0.29, 0.717) is 12.0 Å². The molecule has 2 atom stereocenters. The number of likely N-dealkylation sites (N-methyl/N-ethyl adjacent to an activating group) is 1. The maximum atomic E-state index is 13.4. The summed E-state index contributed by atoms with van der Waals surface area (Å²) in [6, 6.07) is 14.1. The molecule has 1 aliphatic carbocycles. The summed E-state index contributed by atoms with van der Waals surface area (Å²) < 4.78 is 14.5. The summed E-state index contributed by atoms with van der Waals surface area (Å²) in [7, 11) is 2.22. The first kappa shape index (κ1) is 18.1. The van der Waals surface area contributed by atoms with Crippen LogP contribution >= 0.6 is 15.9 Å². The normalized spacial score (nSPS) is 26.0. The van der Waals surface area contributed by atoms with E-state index >= 15 is 0 Å². The molecule has 0 N–H and O–H groups in total. The van der Waals surface area contributed by atoms with Crippen LogP contribution in [0.25, 0.3) is 0 Å². The lowest BCUT2D eigenvalue weighted by atomic mass is 9.93. The molecule has 0 aromatic heterocycles. The lowest BCUT2D eigenvalue weighted by Crippen LogP contribution is -2.58. The highest BCUT2D eigenvalue weighted by Gasteiger charge is 2.40. The first-order valence-electron chi connectivity index (χ1n) is 9.35. The third kappa shape index (κ3) is 3.23. The molecule has 2 aliphatic rings. The summed E-state index contributed by atoms with van der Waals surface area (Å²) in [6.45, 7) is 7.90. The Morgan fingerprint density at radius 3 is 2.46 bits per heavy atom. The molecule has 2 aromatic carbocycles. The van der Waals surface area contributed by atoms with E-state index in [1.165, 1.54) is 16.7 Å². The molecule has 1 fully saturated rings. The fraction of sp³-hybridized carbons (Fsp3) is 0.455. The number of hydrogen-bond donors (Lipinski definition) is 0. The van der Waals surface area contributed by atoms with Gasteiger partial charge in [-0.15, -0.1) is 0 Å². The minimum absolute atomic E-state index is 0.167. The van der Waals surface area contributed by atoms with Crippen LogP contribution in [-0.2, 0) is 0 Å². The lowest BCUT2D eigenvalue weighted by Gasteiger charge is -2.47. The summed E-state index contributed by atoms with van der Waals surface area (Å²) >= 11 is 3.66. The molecule has 0 radical (unpaired) electrons. The monoisotopic (exact) mass is 416 g/mol. The number of piperazine rings is 1. The zero-order valence-corrected chi connectivity index (χ0v) is 17.3. The number of hydrogen-bond acceptors (Lipinski definition) is 2. The Bertz CT molecular complexity index is 802. The van der Waals surface area contributed by atoms with Crippen molar-refractivity contribution < 1.29 is 4.39 Å². The second-order valence-electron chi connectivity index (χ2n) is 8.33. The van der Waals surface area contributed by atoms with Gasteiger partial charge < -0.3 is 0 Å². The van der Waals surface area contributed by atoms with Crippen LogP contribution in [-0.4, -0.2) is 42.0 Å². The van der Waals surface area contributed by atoms with Gasteiger partial charge in [-0.25, -0.2) is 4.39 Å². The van der Waals surface area contributed by atoms with Gasteiger partial charge >= 0.3 is 0 Å². The zero-order chi connectivity index (χ0) is 18.5. The fourth-order valence-corrected chi connectivity index (χ4v) is 4.91. The van der Waals surface area contributed by atoms with E-state index in [1.54, 1.807) is 12.1 Å². The van der Waals surface area contributed by atoms with Crippen LogP contribution in [0, 0.1) is 5.82 Å². The molecule has 0 saturated carbocycles. The highest BCUT2D eigenvalue weighted by molar-refractivity contribution is 9.10. The van der Waals surface area contributed by atoms with Crippen LogP contribution in [0.5, 0.6) is 0 Å². The van der Waals surface area contributed by atoms with Crippen molar-refractivity contribution in [1.29, 1.82) is 0 Å². The quantitative estimate of drug-likeness (QED) is 0.664. The summed E-state index contributed by atoms with van der Waals surface area (Å²) in [4.78, 5) is 5.10. The van der Waals surface area contributed by atoms with E-state index in [1.807, 2.05) is 12.1 Å². The third-order valence-corrected chi connectivity index (χ3v) is 6.79. The first-order valence-corrected chi connectivity index (χ1v) is 10.1. The minimum atomic E-state index is -0.167. The van der Waals surface area contributed by atoms with E-state index < -0.39 is 0 Å². The van der Waals surface area contributed by atoms with Gasteiger partial charge in [0.15, 0.2) is 0 Å². The molecule has 0 spiro atoms. The van der Waals surface area contributed by atoms with Gasteiger partial charge in [-0.05, 0) is 68.3 Å². The average Bonchev–Trinajstić information content (AvgIpc) is 2.96. The molecule has 1 heterocycles. The van der Waals surface area contributed by atoms with E-state index in [9.17, 15) is 4.39 Å². The van der Waals surface area contributed by atoms with Gasteiger partial charge in [0.1, 0.15) is 5.82 Å². The predicted octanol–water partition coefficient (Wildman–Crippen LogP) is 5.19. The topological polar surface area (TPSA) is 6.48 Å². The van der Waals surface area contributed by atoms with Crippen LogP contribution in [0.2, 0.25) is 0 Å². The van der Waals surface area contributed by atoms with Gasteiger partial charge in [0.05, 0.1) is 0 Å².